The SMILES string of the molecule is CCCCCc1ccc(CCC2CCC(CCc3ccc(CCc4ccc(Cl)c(F)c4)cc3)CC2)cc1. The zero-order valence-corrected chi connectivity index (χ0v) is 23.4. The third kappa shape index (κ3) is 9.29. The molecule has 0 heterocycles. The first-order valence-electron chi connectivity index (χ1n) is 14.7. The molecule has 0 unspecified atom stereocenters. The minimum absolute atomic E-state index is 0.195. The van der Waals surface area contributed by atoms with Crippen molar-refractivity contribution in [1.29, 1.82) is 0 Å². The average molecular weight is 519 g/mol. The van der Waals surface area contributed by atoms with E-state index in [0.29, 0.717) is 0 Å². The van der Waals surface area contributed by atoms with Gasteiger partial charge in [-0.05, 0) is 103 Å². The van der Waals surface area contributed by atoms with Gasteiger partial charge in [-0.15, -0.1) is 0 Å². The maximum absolute atomic E-state index is 13.6. The van der Waals surface area contributed by atoms with Crippen molar-refractivity contribution in [2.24, 2.45) is 11.8 Å². The van der Waals surface area contributed by atoms with Gasteiger partial charge in [-0.1, -0.05) is 112 Å². The van der Waals surface area contributed by atoms with E-state index in [-0.39, 0.29) is 10.8 Å². The fourth-order valence-electron chi connectivity index (χ4n) is 5.86. The zero-order valence-electron chi connectivity index (χ0n) is 22.7. The van der Waals surface area contributed by atoms with Gasteiger partial charge in [0.05, 0.1) is 5.02 Å². The van der Waals surface area contributed by atoms with Gasteiger partial charge in [-0.25, -0.2) is 4.39 Å². The van der Waals surface area contributed by atoms with Crippen LogP contribution in [-0.2, 0) is 32.1 Å². The summed E-state index contributed by atoms with van der Waals surface area (Å²) < 4.78 is 13.6. The molecule has 1 saturated carbocycles. The van der Waals surface area contributed by atoms with Gasteiger partial charge < -0.3 is 0 Å². The summed E-state index contributed by atoms with van der Waals surface area (Å²) in [6.07, 6.45) is 17.6. The molecule has 0 nitrogen and oxygen atoms in total. The van der Waals surface area contributed by atoms with Crippen molar-refractivity contribution in [3.8, 4) is 0 Å². The van der Waals surface area contributed by atoms with Gasteiger partial charge in [0.1, 0.15) is 5.82 Å². The highest BCUT2D eigenvalue weighted by Crippen LogP contribution is 2.34. The number of unbranched alkanes of at least 4 members (excludes halogenated alkanes) is 2. The van der Waals surface area contributed by atoms with Gasteiger partial charge in [-0.3, -0.25) is 0 Å². The molecule has 0 amide bonds. The molecule has 0 bridgehead atoms. The minimum Gasteiger partial charge on any atom is -0.205 e. The molecule has 3 aromatic carbocycles. The third-order valence-corrected chi connectivity index (χ3v) is 8.76. The Morgan fingerprint density at radius 3 is 1.51 bits per heavy atom. The van der Waals surface area contributed by atoms with E-state index in [1.807, 2.05) is 6.07 Å². The van der Waals surface area contributed by atoms with E-state index in [1.54, 1.807) is 12.1 Å². The molecule has 0 radical (unpaired) electrons. The van der Waals surface area contributed by atoms with E-state index in [1.165, 1.54) is 99.3 Å². The molecule has 1 aliphatic rings. The molecule has 0 spiro atoms. The molecule has 198 valence electrons. The number of aryl methyl sites for hydroxylation is 5. The van der Waals surface area contributed by atoms with Crippen LogP contribution in [0.5, 0.6) is 0 Å². The van der Waals surface area contributed by atoms with Crippen molar-refractivity contribution in [3.63, 3.8) is 0 Å². The van der Waals surface area contributed by atoms with Gasteiger partial charge in [0.15, 0.2) is 0 Å². The Bertz CT molecular complexity index is 1060. The molecule has 4 rings (SSSR count). The van der Waals surface area contributed by atoms with Crippen LogP contribution in [0.4, 0.5) is 4.39 Å². The lowest BCUT2D eigenvalue weighted by atomic mass is 9.77. The Morgan fingerprint density at radius 1 is 0.595 bits per heavy atom. The van der Waals surface area contributed by atoms with Crippen LogP contribution < -0.4 is 0 Å². The molecule has 0 aromatic heterocycles. The number of rotatable bonds is 13. The molecule has 1 fully saturated rings. The van der Waals surface area contributed by atoms with Gasteiger partial charge in [0.25, 0.3) is 0 Å². The Kier molecular flexibility index (Phi) is 11.1. The first-order chi connectivity index (χ1) is 18.1. The van der Waals surface area contributed by atoms with Crippen LogP contribution in [0.15, 0.2) is 66.7 Å². The van der Waals surface area contributed by atoms with E-state index in [4.69, 9.17) is 11.6 Å². The van der Waals surface area contributed by atoms with Crippen molar-refractivity contribution in [2.45, 2.75) is 96.8 Å². The summed E-state index contributed by atoms with van der Waals surface area (Å²) in [7, 11) is 0. The molecular formula is C35H44ClF. The molecule has 2 heteroatoms. The van der Waals surface area contributed by atoms with E-state index in [2.05, 4.69) is 55.5 Å². The number of hydrogen-bond donors (Lipinski definition) is 0. The van der Waals surface area contributed by atoms with Crippen molar-refractivity contribution < 1.29 is 4.39 Å². The Morgan fingerprint density at radius 2 is 1.03 bits per heavy atom. The van der Waals surface area contributed by atoms with Crippen LogP contribution in [-0.4, -0.2) is 0 Å². The van der Waals surface area contributed by atoms with Crippen LogP contribution in [0.1, 0.15) is 92.5 Å². The highest BCUT2D eigenvalue weighted by Gasteiger charge is 2.21. The van der Waals surface area contributed by atoms with E-state index in [9.17, 15) is 4.39 Å². The van der Waals surface area contributed by atoms with Crippen LogP contribution in [0.2, 0.25) is 5.02 Å². The van der Waals surface area contributed by atoms with E-state index < -0.39 is 0 Å². The lowest BCUT2D eigenvalue weighted by Crippen LogP contribution is -2.15. The van der Waals surface area contributed by atoms with Crippen molar-refractivity contribution in [2.75, 3.05) is 0 Å². The second-order valence-electron chi connectivity index (χ2n) is 11.3. The normalized spacial score (nSPS) is 17.7. The average Bonchev–Trinajstić information content (AvgIpc) is 2.93. The number of benzene rings is 3. The zero-order chi connectivity index (χ0) is 25.9. The number of halogens is 2. The Hall–Kier alpha value is -2.12. The second-order valence-corrected chi connectivity index (χ2v) is 11.7. The summed E-state index contributed by atoms with van der Waals surface area (Å²) in [4.78, 5) is 0. The fourth-order valence-corrected chi connectivity index (χ4v) is 5.98. The molecule has 0 saturated heterocycles. The van der Waals surface area contributed by atoms with Crippen molar-refractivity contribution in [1.82, 2.24) is 0 Å². The lowest BCUT2D eigenvalue weighted by molar-refractivity contribution is 0.253. The third-order valence-electron chi connectivity index (χ3n) is 8.45. The molecule has 0 atom stereocenters. The molecule has 0 N–H and O–H groups in total. The maximum Gasteiger partial charge on any atom is 0.142 e. The Labute approximate surface area is 229 Å². The summed E-state index contributed by atoms with van der Waals surface area (Å²) in [6.45, 7) is 2.27. The second kappa shape index (κ2) is 14.7. The highest BCUT2D eigenvalue weighted by molar-refractivity contribution is 6.30. The maximum atomic E-state index is 13.6. The van der Waals surface area contributed by atoms with Crippen LogP contribution in [0.25, 0.3) is 0 Å². The monoisotopic (exact) mass is 518 g/mol. The lowest BCUT2D eigenvalue weighted by Gasteiger charge is -2.28. The minimum atomic E-state index is -0.327. The van der Waals surface area contributed by atoms with Gasteiger partial charge in [0.2, 0.25) is 0 Å². The number of hydrogen-bond acceptors (Lipinski definition) is 0. The van der Waals surface area contributed by atoms with Crippen molar-refractivity contribution >= 4 is 11.6 Å². The summed E-state index contributed by atoms with van der Waals surface area (Å²) in [5.41, 5.74) is 6.77. The summed E-state index contributed by atoms with van der Waals surface area (Å²) >= 11 is 5.79. The van der Waals surface area contributed by atoms with Gasteiger partial charge in [-0.2, -0.15) is 0 Å². The van der Waals surface area contributed by atoms with Crippen LogP contribution in [0, 0.1) is 17.7 Å². The van der Waals surface area contributed by atoms with Gasteiger partial charge >= 0.3 is 0 Å². The van der Waals surface area contributed by atoms with E-state index in [0.717, 1.165) is 30.2 Å². The molecule has 1 aliphatic carbocycles. The quantitative estimate of drug-likeness (QED) is 0.197. The Balaban J connectivity index is 1.11. The molecule has 0 aliphatic heterocycles. The standard InChI is InChI=1S/C35H44ClF/c1-2-3-4-5-27-6-8-28(9-7-27)10-11-29-12-14-30(15-13-29)16-17-31-18-20-32(21-19-31)22-23-33-24-25-34(36)35(37)26-33/h6-9,18-21,24-26,29-30H,2-5,10-17,22-23H2,1H3. The highest BCUT2D eigenvalue weighted by atomic mass is 35.5. The predicted molar refractivity (Wildman–Crippen MR) is 157 cm³/mol. The largest absolute Gasteiger partial charge is 0.205 e. The van der Waals surface area contributed by atoms with Crippen LogP contribution in [0.3, 0.4) is 0 Å². The van der Waals surface area contributed by atoms with E-state index >= 15 is 0 Å². The summed E-state index contributed by atoms with van der Waals surface area (Å²) in [6, 6.07) is 23.6. The first-order valence-corrected chi connectivity index (χ1v) is 15.1. The smallest absolute Gasteiger partial charge is 0.142 e. The van der Waals surface area contributed by atoms with Crippen LogP contribution >= 0.6 is 11.6 Å². The topological polar surface area (TPSA) is 0 Å². The molecule has 3 aromatic rings. The fraction of sp³-hybridized carbons (Fsp3) is 0.486. The molecule has 37 heavy (non-hydrogen) atoms. The summed E-state index contributed by atoms with van der Waals surface area (Å²) in [5, 5.41) is 0.195. The molecular weight excluding hydrogens is 475 g/mol. The summed E-state index contributed by atoms with van der Waals surface area (Å²) in [5.74, 6) is 1.47. The first kappa shape index (κ1) is 27.9. The van der Waals surface area contributed by atoms with Gasteiger partial charge in [0, 0.05) is 0 Å². The van der Waals surface area contributed by atoms with Crippen molar-refractivity contribution in [3.05, 3.63) is 105 Å². The predicted octanol–water partition coefficient (Wildman–Crippen LogP) is 10.4.